The van der Waals surface area contributed by atoms with Crippen LogP contribution in [0.1, 0.15) is 50.5 Å². The largest absolute Gasteiger partial charge is 0.466 e. The highest BCUT2D eigenvalue weighted by Crippen LogP contribution is 2.47. The van der Waals surface area contributed by atoms with Crippen molar-refractivity contribution in [2.24, 2.45) is 5.92 Å². The number of furan rings is 1. The quantitative estimate of drug-likeness (QED) is 0.651. The van der Waals surface area contributed by atoms with Crippen molar-refractivity contribution in [2.45, 2.75) is 39.0 Å². The van der Waals surface area contributed by atoms with E-state index in [1.165, 1.54) is 12.2 Å². The van der Waals surface area contributed by atoms with Gasteiger partial charge in [0.1, 0.15) is 11.5 Å². The zero-order chi connectivity index (χ0) is 8.72. The molecule has 1 saturated carbocycles. The van der Waals surface area contributed by atoms with E-state index in [2.05, 4.69) is 32.9 Å². The van der Waals surface area contributed by atoms with Crippen molar-refractivity contribution in [1.29, 1.82) is 0 Å². The lowest BCUT2D eigenvalue weighted by molar-refractivity contribution is 0.445. The molecule has 0 aromatic carbocycles. The monoisotopic (exact) mass is 164 g/mol. The molecule has 1 fully saturated rings. The molecule has 0 aliphatic heterocycles. The molecule has 1 aliphatic rings. The molecule has 2 unspecified atom stereocenters. The number of hydrogen-bond acceptors (Lipinski definition) is 1. The minimum absolute atomic E-state index is 0.521. The van der Waals surface area contributed by atoms with Crippen LogP contribution in [0.15, 0.2) is 16.5 Å². The Morgan fingerprint density at radius 2 is 2.08 bits per heavy atom. The second kappa shape index (κ2) is 2.65. The molecule has 66 valence electrons. The third kappa shape index (κ3) is 1.28. The first kappa shape index (κ1) is 7.90. The van der Waals surface area contributed by atoms with Gasteiger partial charge in [-0.25, -0.2) is 0 Å². The van der Waals surface area contributed by atoms with Gasteiger partial charge in [0.2, 0.25) is 0 Å². The van der Waals surface area contributed by atoms with Crippen LogP contribution in [0.5, 0.6) is 0 Å². The fourth-order valence-electron chi connectivity index (χ4n) is 1.60. The second-order valence-electron chi connectivity index (χ2n) is 4.21. The van der Waals surface area contributed by atoms with Crippen LogP contribution in [-0.4, -0.2) is 0 Å². The zero-order valence-electron chi connectivity index (χ0n) is 8.00. The summed E-state index contributed by atoms with van der Waals surface area (Å²) in [6.07, 6.45) is 1.31. The summed E-state index contributed by atoms with van der Waals surface area (Å²) in [7, 11) is 0. The minimum atomic E-state index is 0.521. The van der Waals surface area contributed by atoms with E-state index >= 15 is 0 Å². The molecular weight excluding hydrogens is 148 g/mol. The van der Waals surface area contributed by atoms with Gasteiger partial charge in [0.15, 0.2) is 0 Å². The maximum Gasteiger partial charge on any atom is 0.107 e. The first-order chi connectivity index (χ1) is 5.68. The van der Waals surface area contributed by atoms with Crippen LogP contribution in [0.4, 0.5) is 0 Å². The van der Waals surface area contributed by atoms with Gasteiger partial charge in [-0.3, -0.25) is 0 Å². The first-order valence-corrected chi connectivity index (χ1v) is 4.78. The molecule has 2 atom stereocenters. The first-order valence-electron chi connectivity index (χ1n) is 4.78. The smallest absolute Gasteiger partial charge is 0.107 e. The fourth-order valence-corrected chi connectivity index (χ4v) is 1.60. The summed E-state index contributed by atoms with van der Waals surface area (Å²) in [5, 5.41) is 0. The summed E-state index contributed by atoms with van der Waals surface area (Å²) < 4.78 is 5.74. The normalized spacial score (nSPS) is 28.0. The van der Waals surface area contributed by atoms with Crippen LogP contribution >= 0.6 is 0 Å². The van der Waals surface area contributed by atoms with E-state index in [0.717, 1.165) is 17.6 Å². The average molecular weight is 164 g/mol. The number of rotatable bonds is 2. The van der Waals surface area contributed by atoms with Crippen LogP contribution in [-0.2, 0) is 0 Å². The Bertz CT molecular complexity index is 272. The Morgan fingerprint density at radius 3 is 2.50 bits per heavy atom. The third-order valence-electron chi connectivity index (χ3n) is 2.69. The van der Waals surface area contributed by atoms with Gasteiger partial charge in [0.25, 0.3) is 0 Å². The van der Waals surface area contributed by atoms with Crippen molar-refractivity contribution < 1.29 is 4.42 Å². The van der Waals surface area contributed by atoms with Crippen molar-refractivity contribution in [3.63, 3.8) is 0 Å². The maximum atomic E-state index is 5.74. The van der Waals surface area contributed by atoms with Crippen LogP contribution < -0.4 is 0 Å². The molecule has 1 aliphatic carbocycles. The van der Waals surface area contributed by atoms with Gasteiger partial charge in [-0.15, -0.1) is 0 Å². The molecule has 0 bridgehead atoms. The summed E-state index contributed by atoms with van der Waals surface area (Å²) in [5.74, 6) is 4.41. The molecule has 0 amide bonds. The zero-order valence-corrected chi connectivity index (χ0v) is 8.00. The van der Waals surface area contributed by atoms with E-state index in [9.17, 15) is 0 Å². The van der Waals surface area contributed by atoms with Crippen molar-refractivity contribution in [3.05, 3.63) is 23.7 Å². The van der Waals surface area contributed by atoms with E-state index in [4.69, 9.17) is 4.42 Å². The third-order valence-corrected chi connectivity index (χ3v) is 2.69. The summed E-state index contributed by atoms with van der Waals surface area (Å²) in [4.78, 5) is 0. The van der Waals surface area contributed by atoms with E-state index in [-0.39, 0.29) is 0 Å². The van der Waals surface area contributed by atoms with Gasteiger partial charge >= 0.3 is 0 Å². The molecule has 1 heterocycles. The molecule has 0 spiro atoms. The highest BCUT2D eigenvalue weighted by molar-refractivity contribution is 5.18. The van der Waals surface area contributed by atoms with Gasteiger partial charge in [-0.1, -0.05) is 20.8 Å². The SMILES string of the molecule is CC(C)c1ccc(C2CC2C)o1. The highest BCUT2D eigenvalue weighted by Gasteiger charge is 2.36. The molecule has 2 rings (SSSR count). The van der Waals surface area contributed by atoms with Crippen LogP contribution in [0.2, 0.25) is 0 Å². The van der Waals surface area contributed by atoms with Crippen molar-refractivity contribution in [2.75, 3.05) is 0 Å². The van der Waals surface area contributed by atoms with Gasteiger partial charge in [-0.2, -0.15) is 0 Å². The molecule has 1 aromatic rings. The standard InChI is InChI=1S/C11H16O/c1-7(2)10-4-5-11(12-10)9-6-8(9)3/h4-5,7-9H,6H2,1-3H3. The Morgan fingerprint density at radius 1 is 1.42 bits per heavy atom. The Labute approximate surface area is 73.8 Å². The van der Waals surface area contributed by atoms with E-state index in [0.29, 0.717) is 5.92 Å². The van der Waals surface area contributed by atoms with Crippen molar-refractivity contribution >= 4 is 0 Å². The summed E-state index contributed by atoms with van der Waals surface area (Å²) >= 11 is 0. The minimum Gasteiger partial charge on any atom is -0.466 e. The van der Waals surface area contributed by atoms with Gasteiger partial charge in [0.05, 0.1) is 0 Å². The van der Waals surface area contributed by atoms with Gasteiger partial charge in [0, 0.05) is 11.8 Å². The molecule has 0 saturated heterocycles. The predicted molar refractivity (Wildman–Crippen MR) is 49.3 cm³/mol. The Kier molecular flexibility index (Phi) is 1.75. The summed E-state index contributed by atoms with van der Waals surface area (Å²) in [5.41, 5.74) is 0. The Balaban J connectivity index is 2.14. The van der Waals surface area contributed by atoms with Crippen molar-refractivity contribution in [1.82, 2.24) is 0 Å². The molecule has 1 nitrogen and oxygen atoms in total. The van der Waals surface area contributed by atoms with Gasteiger partial charge < -0.3 is 4.42 Å². The summed E-state index contributed by atoms with van der Waals surface area (Å²) in [6, 6.07) is 4.26. The molecule has 1 heteroatoms. The van der Waals surface area contributed by atoms with E-state index < -0.39 is 0 Å². The molecule has 0 radical (unpaired) electrons. The van der Waals surface area contributed by atoms with Crippen LogP contribution in [0.25, 0.3) is 0 Å². The fraction of sp³-hybridized carbons (Fsp3) is 0.636. The van der Waals surface area contributed by atoms with Crippen molar-refractivity contribution in [3.8, 4) is 0 Å². The number of hydrogen-bond donors (Lipinski definition) is 0. The summed E-state index contributed by atoms with van der Waals surface area (Å²) in [6.45, 7) is 6.61. The predicted octanol–water partition coefficient (Wildman–Crippen LogP) is 3.53. The van der Waals surface area contributed by atoms with Crippen LogP contribution in [0.3, 0.4) is 0 Å². The molecule has 0 N–H and O–H groups in total. The lowest BCUT2D eigenvalue weighted by atomic mass is 10.2. The van der Waals surface area contributed by atoms with Crippen LogP contribution in [0, 0.1) is 5.92 Å². The molecular formula is C11H16O. The van der Waals surface area contributed by atoms with Gasteiger partial charge in [-0.05, 0) is 24.5 Å². The highest BCUT2D eigenvalue weighted by atomic mass is 16.3. The molecule has 1 aromatic heterocycles. The van der Waals surface area contributed by atoms with E-state index in [1.807, 2.05) is 0 Å². The van der Waals surface area contributed by atoms with E-state index in [1.54, 1.807) is 0 Å². The Hall–Kier alpha value is -0.720. The second-order valence-corrected chi connectivity index (χ2v) is 4.21. The average Bonchev–Trinajstić information content (AvgIpc) is 2.59. The molecule has 12 heavy (non-hydrogen) atoms. The lowest BCUT2D eigenvalue weighted by Gasteiger charge is -1.98. The lowest BCUT2D eigenvalue weighted by Crippen LogP contribution is -1.81. The topological polar surface area (TPSA) is 13.1 Å². The maximum absolute atomic E-state index is 5.74.